The Kier molecular flexibility index (Phi) is 2.69. The van der Waals surface area contributed by atoms with Crippen LogP contribution in [-0.2, 0) is 0 Å². The van der Waals surface area contributed by atoms with Gasteiger partial charge in [0.2, 0.25) is 0 Å². The maximum atomic E-state index is 12.6. The molecule has 0 saturated carbocycles. The summed E-state index contributed by atoms with van der Waals surface area (Å²) in [6.07, 6.45) is 0. The van der Waals surface area contributed by atoms with Gasteiger partial charge in [0.05, 0.1) is 10.6 Å². The summed E-state index contributed by atoms with van der Waals surface area (Å²) in [5, 5.41) is 8.48. The topological polar surface area (TPSA) is 37.3 Å². The van der Waals surface area contributed by atoms with E-state index >= 15 is 0 Å². The largest absolute Gasteiger partial charge is 0.478 e. The summed E-state index contributed by atoms with van der Waals surface area (Å²) in [6, 6.07) is 2.01. The molecule has 5 heteroatoms. The molecule has 0 aliphatic rings. The van der Waals surface area contributed by atoms with Gasteiger partial charge < -0.3 is 5.11 Å². The Hall–Kier alpha value is -0.610. The SMILES string of the molecule is O=C(O)c1c(Cl)cc(F)cc1Br. The van der Waals surface area contributed by atoms with Crippen LogP contribution in [0.4, 0.5) is 4.39 Å². The fourth-order valence-electron chi connectivity index (χ4n) is 0.747. The molecule has 0 atom stereocenters. The van der Waals surface area contributed by atoms with E-state index in [4.69, 9.17) is 16.7 Å². The summed E-state index contributed by atoms with van der Waals surface area (Å²) in [6.45, 7) is 0. The van der Waals surface area contributed by atoms with Crippen molar-refractivity contribution in [2.45, 2.75) is 0 Å². The molecule has 0 saturated heterocycles. The molecule has 0 amide bonds. The molecule has 1 aromatic carbocycles. The lowest BCUT2D eigenvalue weighted by Crippen LogP contribution is -1.99. The second kappa shape index (κ2) is 3.41. The summed E-state index contributed by atoms with van der Waals surface area (Å²) < 4.78 is 12.7. The predicted octanol–water partition coefficient (Wildman–Crippen LogP) is 2.94. The second-order valence-corrected chi connectivity index (χ2v) is 3.31. The Labute approximate surface area is 81.1 Å². The van der Waals surface area contributed by atoms with Crippen molar-refractivity contribution in [2.75, 3.05) is 0 Å². The first-order chi connectivity index (χ1) is 5.52. The van der Waals surface area contributed by atoms with Gasteiger partial charge >= 0.3 is 5.97 Å². The highest BCUT2D eigenvalue weighted by Crippen LogP contribution is 2.26. The van der Waals surface area contributed by atoms with Crippen LogP contribution in [0.1, 0.15) is 10.4 Å². The Morgan fingerprint density at radius 1 is 1.58 bits per heavy atom. The van der Waals surface area contributed by atoms with Crippen LogP contribution >= 0.6 is 27.5 Å². The number of carbonyl (C=O) groups is 1. The lowest BCUT2D eigenvalue weighted by atomic mass is 10.2. The van der Waals surface area contributed by atoms with Crippen LogP contribution in [-0.4, -0.2) is 11.1 Å². The molecule has 1 rings (SSSR count). The van der Waals surface area contributed by atoms with E-state index in [2.05, 4.69) is 15.9 Å². The van der Waals surface area contributed by atoms with Gasteiger partial charge in [0.25, 0.3) is 0 Å². The standard InChI is InChI=1S/C7H3BrClFO2/c8-4-1-3(10)2-5(9)6(4)7(11)12/h1-2H,(H,11,12). The minimum absolute atomic E-state index is 0.116. The minimum Gasteiger partial charge on any atom is -0.478 e. The van der Waals surface area contributed by atoms with Gasteiger partial charge in [-0.25, -0.2) is 9.18 Å². The fourth-order valence-corrected chi connectivity index (χ4v) is 1.75. The molecule has 1 aromatic rings. The number of hydrogen-bond donors (Lipinski definition) is 1. The quantitative estimate of drug-likeness (QED) is 0.835. The fraction of sp³-hybridized carbons (Fsp3) is 0. The third kappa shape index (κ3) is 1.76. The number of rotatable bonds is 1. The van der Waals surface area contributed by atoms with E-state index in [9.17, 15) is 9.18 Å². The number of aromatic carboxylic acids is 1. The Morgan fingerprint density at radius 2 is 2.17 bits per heavy atom. The molecule has 0 aromatic heterocycles. The molecule has 0 spiro atoms. The third-order valence-corrected chi connectivity index (χ3v) is 2.14. The highest BCUT2D eigenvalue weighted by Gasteiger charge is 2.14. The van der Waals surface area contributed by atoms with E-state index in [1.165, 1.54) is 0 Å². The van der Waals surface area contributed by atoms with E-state index < -0.39 is 11.8 Å². The van der Waals surface area contributed by atoms with Gasteiger partial charge in [-0.05, 0) is 28.1 Å². The summed E-state index contributed by atoms with van der Waals surface area (Å²) in [7, 11) is 0. The molecular formula is C7H3BrClFO2. The van der Waals surface area contributed by atoms with E-state index in [1.54, 1.807) is 0 Å². The molecule has 0 unspecified atom stereocenters. The molecule has 0 radical (unpaired) electrons. The average Bonchev–Trinajstić information content (AvgIpc) is 1.82. The van der Waals surface area contributed by atoms with E-state index in [0.717, 1.165) is 12.1 Å². The lowest BCUT2D eigenvalue weighted by Gasteiger charge is -2.01. The predicted molar refractivity (Wildman–Crippen MR) is 46.1 cm³/mol. The highest BCUT2D eigenvalue weighted by molar-refractivity contribution is 9.10. The van der Waals surface area contributed by atoms with Gasteiger partial charge in [-0.15, -0.1) is 0 Å². The van der Waals surface area contributed by atoms with Crippen molar-refractivity contribution in [3.63, 3.8) is 0 Å². The lowest BCUT2D eigenvalue weighted by molar-refractivity contribution is 0.0696. The van der Waals surface area contributed by atoms with Gasteiger partial charge in [-0.1, -0.05) is 11.6 Å². The van der Waals surface area contributed by atoms with Crippen LogP contribution in [0.25, 0.3) is 0 Å². The molecule has 0 aliphatic heterocycles. The maximum Gasteiger partial charge on any atom is 0.338 e. The molecular weight excluding hydrogens is 250 g/mol. The van der Waals surface area contributed by atoms with Gasteiger partial charge in [-0.2, -0.15) is 0 Å². The van der Waals surface area contributed by atoms with E-state index in [0.29, 0.717) is 0 Å². The van der Waals surface area contributed by atoms with Crippen molar-refractivity contribution in [1.82, 2.24) is 0 Å². The van der Waals surface area contributed by atoms with Gasteiger partial charge in [0, 0.05) is 4.47 Å². The monoisotopic (exact) mass is 252 g/mol. The number of carboxylic acids is 1. The van der Waals surface area contributed by atoms with Crippen molar-refractivity contribution >= 4 is 33.5 Å². The molecule has 64 valence electrons. The Balaban J connectivity index is 3.38. The van der Waals surface area contributed by atoms with Crippen molar-refractivity contribution in [3.8, 4) is 0 Å². The Morgan fingerprint density at radius 3 is 2.58 bits per heavy atom. The molecule has 2 nitrogen and oxygen atoms in total. The number of benzene rings is 1. The average molecular weight is 253 g/mol. The number of halogens is 3. The summed E-state index contributed by atoms with van der Waals surface area (Å²) in [4.78, 5) is 10.5. The molecule has 1 N–H and O–H groups in total. The highest BCUT2D eigenvalue weighted by atomic mass is 79.9. The van der Waals surface area contributed by atoms with Crippen molar-refractivity contribution in [1.29, 1.82) is 0 Å². The zero-order valence-corrected chi connectivity index (χ0v) is 7.99. The number of carboxylic acid groups (broad SMARTS) is 1. The second-order valence-electron chi connectivity index (χ2n) is 2.05. The summed E-state index contributed by atoms with van der Waals surface area (Å²) >= 11 is 8.37. The zero-order valence-electron chi connectivity index (χ0n) is 5.64. The van der Waals surface area contributed by atoms with E-state index in [1.807, 2.05) is 0 Å². The minimum atomic E-state index is -1.19. The van der Waals surface area contributed by atoms with Crippen LogP contribution < -0.4 is 0 Å². The first-order valence-electron chi connectivity index (χ1n) is 2.90. The normalized spacial score (nSPS) is 9.92. The zero-order chi connectivity index (χ0) is 9.30. The Bertz CT molecular complexity index is 317. The third-order valence-electron chi connectivity index (χ3n) is 1.22. The molecule has 0 heterocycles. The van der Waals surface area contributed by atoms with Gasteiger partial charge in [0.1, 0.15) is 5.82 Å². The van der Waals surface area contributed by atoms with Crippen molar-refractivity contribution < 1.29 is 14.3 Å². The van der Waals surface area contributed by atoms with E-state index in [-0.39, 0.29) is 15.1 Å². The van der Waals surface area contributed by atoms with Crippen molar-refractivity contribution in [3.05, 3.63) is 33.0 Å². The first-order valence-corrected chi connectivity index (χ1v) is 4.07. The van der Waals surface area contributed by atoms with Crippen LogP contribution in [0.2, 0.25) is 5.02 Å². The first kappa shape index (κ1) is 9.48. The molecule has 0 fully saturated rings. The molecule has 0 aliphatic carbocycles. The molecule has 12 heavy (non-hydrogen) atoms. The smallest absolute Gasteiger partial charge is 0.338 e. The van der Waals surface area contributed by atoms with Gasteiger partial charge in [0.15, 0.2) is 0 Å². The number of hydrogen-bond acceptors (Lipinski definition) is 1. The van der Waals surface area contributed by atoms with Gasteiger partial charge in [-0.3, -0.25) is 0 Å². The van der Waals surface area contributed by atoms with Crippen LogP contribution in [0, 0.1) is 5.82 Å². The van der Waals surface area contributed by atoms with Crippen LogP contribution in [0.5, 0.6) is 0 Å². The maximum absolute atomic E-state index is 12.6. The van der Waals surface area contributed by atoms with Crippen LogP contribution in [0.3, 0.4) is 0 Å². The summed E-state index contributed by atoms with van der Waals surface area (Å²) in [5.41, 5.74) is -0.127. The van der Waals surface area contributed by atoms with Crippen LogP contribution in [0.15, 0.2) is 16.6 Å². The summed E-state index contributed by atoms with van der Waals surface area (Å²) in [5.74, 6) is -1.76. The molecule has 0 bridgehead atoms. The van der Waals surface area contributed by atoms with Crippen molar-refractivity contribution in [2.24, 2.45) is 0 Å².